The van der Waals surface area contributed by atoms with E-state index in [1.165, 1.54) is 104 Å². The molecule has 4 bridgehead atoms. The fourth-order valence-electron chi connectivity index (χ4n) is 16.7. The molecule has 364 valence electrons. The summed E-state index contributed by atoms with van der Waals surface area (Å²) in [6.45, 7) is 23.3. The van der Waals surface area contributed by atoms with Crippen LogP contribution in [0.3, 0.4) is 0 Å². The zero-order chi connectivity index (χ0) is 51.9. The second kappa shape index (κ2) is 12.9. The van der Waals surface area contributed by atoms with Crippen LogP contribution in [0.25, 0.3) is 76.2 Å². The Morgan fingerprint density at radius 3 is 1.21 bits per heavy atom. The molecule has 76 heavy (non-hydrogen) atoms. The van der Waals surface area contributed by atoms with E-state index in [1.807, 2.05) is 0 Å². The third-order valence-electron chi connectivity index (χ3n) is 20.4. The summed E-state index contributed by atoms with van der Waals surface area (Å²) in [7, 11) is 0. The molecule has 9 aromatic carbocycles. The van der Waals surface area contributed by atoms with Crippen LogP contribution >= 0.6 is 0 Å². The van der Waals surface area contributed by atoms with Crippen molar-refractivity contribution in [1.29, 1.82) is 5.26 Å². The standard InChI is InChI=1S/C72H55N3O/c1-67(2,3)38-28-43-40-32-56-46(66(76)72(10)54-25-17-11-19-48(54)69(56,7)49-20-12-18-26-55(49)72)35-59(40)74-57-33-42-45-30-39(68(4,5)6)31-47-61-60(75(65(45)47)58(42)34-41(57)44(29-38)64(43)74)27-37(36-73)62-63(61)71(9)52-23-15-13-21-50(52)70(62,8)51-22-14-16-24-53(51)71/h11-35H,1-10H3. The fraction of sp³-hybridized carbons (Fsp3) is 0.222. The summed E-state index contributed by atoms with van der Waals surface area (Å²) in [5, 5.41) is 21.2. The van der Waals surface area contributed by atoms with Crippen LogP contribution < -0.4 is 0 Å². The maximum Gasteiger partial charge on any atom is 0.177 e. The molecule has 0 amide bonds. The Hall–Kier alpha value is -8.26. The SMILES string of the molecule is CC(C)(C)c1cc2c3cc4c(cc3n3c5cc6c7cc(C(C)(C)C)cc8c9c%10c(c(C#N)cc9n(c6cc5c(c1)c23)c78)C1(C)c2ccccc2C%10(C)c2ccccc21)C(=O)C1(C)c2ccccc2C4(C)c2ccccc21. The normalized spacial score (nSPS) is 22.3. The number of hydrogen-bond donors (Lipinski definition) is 0. The van der Waals surface area contributed by atoms with Crippen molar-refractivity contribution < 1.29 is 4.79 Å². The molecule has 6 aliphatic rings. The van der Waals surface area contributed by atoms with Gasteiger partial charge < -0.3 is 8.80 Å². The minimum Gasteiger partial charge on any atom is -0.308 e. The molecule has 6 aliphatic carbocycles. The molecule has 4 heteroatoms. The van der Waals surface area contributed by atoms with Crippen molar-refractivity contribution in [3.63, 3.8) is 0 Å². The van der Waals surface area contributed by atoms with Crippen molar-refractivity contribution in [2.45, 2.75) is 102 Å². The van der Waals surface area contributed by atoms with E-state index in [9.17, 15) is 5.26 Å². The number of rotatable bonds is 0. The van der Waals surface area contributed by atoms with Gasteiger partial charge in [0.1, 0.15) is 0 Å². The lowest BCUT2D eigenvalue weighted by Crippen LogP contribution is -2.48. The molecule has 4 aromatic heterocycles. The maximum absolute atomic E-state index is 15.9. The smallest absolute Gasteiger partial charge is 0.177 e. The number of carbonyl (C=O) groups excluding carboxylic acids is 1. The Bertz CT molecular complexity index is 4890. The molecule has 4 nitrogen and oxygen atoms in total. The van der Waals surface area contributed by atoms with E-state index in [2.05, 4.69) is 236 Å². The van der Waals surface area contributed by atoms with E-state index in [-0.39, 0.29) is 16.6 Å². The topological polar surface area (TPSA) is 49.7 Å². The van der Waals surface area contributed by atoms with Crippen molar-refractivity contribution in [2.75, 3.05) is 0 Å². The number of Topliss-reactive ketones (excluding diaryl/α,β-unsaturated/α-hetero) is 1. The van der Waals surface area contributed by atoms with Crippen LogP contribution in [-0.2, 0) is 32.5 Å². The minimum absolute atomic E-state index is 0.143. The van der Waals surface area contributed by atoms with Crippen molar-refractivity contribution in [3.8, 4) is 6.07 Å². The van der Waals surface area contributed by atoms with Gasteiger partial charge >= 0.3 is 0 Å². The first-order valence-corrected chi connectivity index (χ1v) is 27.3. The fourth-order valence-corrected chi connectivity index (χ4v) is 16.7. The Morgan fingerprint density at radius 2 is 0.763 bits per heavy atom. The van der Waals surface area contributed by atoms with Crippen molar-refractivity contribution >= 4 is 82.0 Å². The van der Waals surface area contributed by atoms with Gasteiger partial charge in [-0.05, 0) is 165 Å². The van der Waals surface area contributed by atoms with Gasteiger partial charge in [-0.2, -0.15) is 5.26 Å². The average Bonchev–Trinajstić information content (AvgIpc) is 4.12. The van der Waals surface area contributed by atoms with E-state index >= 15 is 4.79 Å². The van der Waals surface area contributed by atoms with E-state index in [0.29, 0.717) is 0 Å². The highest BCUT2D eigenvalue weighted by atomic mass is 16.1. The highest BCUT2D eigenvalue weighted by molar-refractivity contribution is 6.30. The molecule has 0 aliphatic heterocycles. The van der Waals surface area contributed by atoms with Crippen molar-refractivity contribution in [1.82, 2.24) is 8.80 Å². The van der Waals surface area contributed by atoms with Gasteiger partial charge in [0.15, 0.2) is 5.78 Å². The van der Waals surface area contributed by atoms with Crippen LogP contribution in [0.4, 0.5) is 0 Å². The van der Waals surface area contributed by atoms with Crippen LogP contribution in [0.1, 0.15) is 157 Å². The van der Waals surface area contributed by atoms with Crippen molar-refractivity contribution in [2.24, 2.45) is 0 Å². The summed E-state index contributed by atoms with van der Waals surface area (Å²) < 4.78 is 5.03. The number of carbonyl (C=O) groups is 1. The predicted octanol–water partition coefficient (Wildman–Crippen LogP) is 17.0. The lowest BCUT2D eigenvalue weighted by Gasteiger charge is -2.54. The Balaban J connectivity index is 1.04. The lowest BCUT2D eigenvalue weighted by atomic mass is 9.47. The number of ketones is 1. The molecule has 0 unspecified atom stereocenters. The van der Waals surface area contributed by atoms with Crippen LogP contribution in [0, 0.1) is 11.3 Å². The zero-order valence-corrected chi connectivity index (χ0v) is 44.7. The molecule has 0 saturated carbocycles. The largest absolute Gasteiger partial charge is 0.308 e. The first kappa shape index (κ1) is 43.0. The van der Waals surface area contributed by atoms with E-state index < -0.39 is 21.7 Å². The Morgan fingerprint density at radius 1 is 0.395 bits per heavy atom. The van der Waals surface area contributed by atoms with Gasteiger partial charge in [0.25, 0.3) is 0 Å². The van der Waals surface area contributed by atoms with Crippen LogP contribution in [0.5, 0.6) is 0 Å². The van der Waals surface area contributed by atoms with Crippen molar-refractivity contribution in [3.05, 3.63) is 235 Å². The summed E-state index contributed by atoms with van der Waals surface area (Å²) in [5.41, 5.74) is 21.6. The molecule has 19 rings (SSSR count). The monoisotopic (exact) mass is 977 g/mol. The third kappa shape index (κ3) is 4.42. The maximum atomic E-state index is 15.9. The second-order valence-corrected chi connectivity index (χ2v) is 26.0. The van der Waals surface area contributed by atoms with Crippen LogP contribution in [0.2, 0.25) is 0 Å². The molecule has 0 N–H and O–H groups in total. The Kier molecular flexibility index (Phi) is 7.28. The van der Waals surface area contributed by atoms with E-state index in [4.69, 9.17) is 0 Å². The van der Waals surface area contributed by atoms with E-state index in [0.717, 1.165) is 55.4 Å². The number of nitrogens with zero attached hydrogens (tertiary/aromatic N) is 3. The number of nitriles is 1. The summed E-state index contributed by atoms with van der Waals surface area (Å²) in [4.78, 5) is 15.9. The summed E-state index contributed by atoms with van der Waals surface area (Å²) >= 11 is 0. The van der Waals surface area contributed by atoms with Gasteiger partial charge in [0.05, 0.1) is 50.1 Å². The summed E-state index contributed by atoms with van der Waals surface area (Å²) in [5.74, 6) is 0.154. The lowest BCUT2D eigenvalue weighted by molar-refractivity contribution is 0.0923. The molecule has 0 atom stereocenters. The summed E-state index contributed by atoms with van der Waals surface area (Å²) in [6.07, 6.45) is 0. The number of fused-ring (bicyclic) bond motifs is 12. The van der Waals surface area contributed by atoms with Gasteiger partial charge in [-0.3, -0.25) is 4.79 Å². The van der Waals surface area contributed by atoms with Crippen LogP contribution in [-0.4, -0.2) is 14.6 Å². The van der Waals surface area contributed by atoms with E-state index in [1.54, 1.807) is 0 Å². The van der Waals surface area contributed by atoms with Crippen LogP contribution in [0.15, 0.2) is 152 Å². The third-order valence-corrected chi connectivity index (χ3v) is 20.4. The first-order valence-electron chi connectivity index (χ1n) is 27.3. The molecule has 0 saturated heterocycles. The molecule has 4 heterocycles. The van der Waals surface area contributed by atoms with Gasteiger partial charge in [0, 0.05) is 64.9 Å². The second-order valence-electron chi connectivity index (χ2n) is 26.0. The van der Waals surface area contributed by atoms with Gasteiger partial charge in [-0.1, -0.05) is 139 Å². The van der Waals surface area contributed by atoms with Gasteiger partial charge in [-0.25, -0.2) is 0 Å². The highest BCUT2D eigenvalue weighted by Gasteiger charge is 2.58. The molecule has 13 aromatic rings. The number of benzene rings is 9. The van der Waals surface area contributed by atoms with Gasteiger partial charge in [0.2, 0.25) is 0 Å². The predicted molar refractivity (Wildman–Crippen MR) is 311 cm³/mol. The Labute approximate surface area is 441 Å². The highest BCUT2D eigenvalue weighted by Crippen LogP contribution is 2.65. The molecular formula is C72H55N3O. The summed E-state index contributed by atoms with van der Waals surface area (Å²) in [6, 6.07) is 59.9. The quantitative estimate of drug-likeness (QED) is 0.152. The minimum atomic E-state index is -0.849. The van der Waals surface area contributed by atoms with Gasteiger partial charge in [-0.15, -0.1) is 0 Å². The molecule has 0 spiro atoms. The molecular weight excluding hydrogens is 923 g/mol. The first-order chi connectivity index (χ1) is 36.3. The molecule has 0 radical (unpaired) electrons. The average molecular weight is 978 g/mol. The zero-order valence-electron chi connectivity index (χ0n) is 44.7. The number of hydrogen-bond acceptors (Lipinski definition) is 2. The molecule has 0 fully saturated rings. The number of aromatic nitrogens is 2.